The zero-order chi connectivity index (χ0) is 9.64. The van der Waals surface area contributed by atoms with Crippen molar-refractivity contribution in [2.45, 2.75) is 25.7 Å². The summed E-state index contributed by atoms with van der Waals surface area (Å²) in [6.07, 6.45) is 11.1. The second kappa shape index (κ2) is 4.80. The molecule has 0 bridgehead atoms. The Morgan fingerprint density at radius 1 is 1.29 bits per heavy atom. The van der Waals surface area contributed by atoms with Gasteiger partial charge in [0.2, 0.25) is 0 Å². The quantitative estimate of drug-likeness (QED) is 0.735. The van der Waals surface area contributed by atoms with E-state index in [1.807, 2.05) is 24.5 Å². The van der Waals surface area contributed by atoms with Crippen LogP contribution in [0.4, 0.5) is 5.69 Å². The molecule has 0 amide bonds. The van der Waals surface area contributed by atoms with Crippen LogP contribution in [0.1, 0.15) is 25.7 Å². The van der Waals surface area contributed by atoms with Gasteiger partial charge in [-0.2, -0.15) is 0 Å². The Hall–Kier alpha value is -1.31. The molecule has 0 unspecified atom stereocenters. The lowest BCUT2D eigenvalue weighted by Gasteiger charge is -2.05. The number of nitrogens with zero attached hydrogens (tertiary/aromatic N) is 1. The van der Waals surface area contributed by atoms with E-state index in [2.05, 4.69) is 16.4 Å². The second-order valence-electron chi connectivity index (χ2n) is 3.67. The fourth-order valence-corrected chi connectivity index (χ4v) is 1.80. The first kappa shape index (κ1) is 9.25. The first-order chi connectivity index (χ1) is 6.95. The van der Waals surface area contributed by atoms with Crippen molar-refractivity contribution < 1.29 is 0 Å². The first-order valence-corrected chi connectivity index (χ1v) is 5.27. The van der Waals surface area contributed by atoms with Crippen molar-refractivity contribution in [3.05, 3.63) is 36.2 Å². The summed E-state index contributed by atoms with van der Waals surface area (Å²) >= 11 is 0. The Morgan fingerprint density at radius 2 is 2.14 bits per heavy atom. The summed E-state index contributed by atoms with van der Waals surface area (Å²) in [6, 6.07) is 4.01. The van der Waals surface area contributed by atoms with Gasteiger partial charge in [-0.1, -0.05) is 11.6 Å². The summed E-state index contributed by atoms with van der Waals surface area (Å²) in [4.78, 5) is 3.98. The van der Waals surface area contributed by atoms with E-state index < -0.39 is 0 Å². The molecular formula is C12H16N2. The molecule has 1 aliphatic carbocycles. The van der Waals surface area contributed by atoms with Gasteiger partial charge in [-0.15, -0.1) is 0 Å². The third-order valence-electron chi connectivity index (χ3n) is 2.59. The normalized spacial score (nSPS) is 15.3. The van der Waals surface area contributed by atoms with Gasteiger partial charge in [0.25, 0.3) is 0 Å². The van der Waals surface area contributed by atoms with E-state index >= 15 is 0 Å². The topological polar surface area (TPSA) is 24.9 Å². The predicted molar refractivity (Wildman–Crippen MR) is 59.3 cm³/mol. The van der Waals surface area contributed by atoms with Crippen LogP contribution in [0.25, 0.3) is 0 Å². The first-order valence-electron chi connectivity index (χ1n) is 5.27. The highest BCUT2D eigenvalue weighted by atomic mass is 14.9. The summed E-state index contributed by atoms with van der Waals surface area (Å²) in [7, 11) is 0. The maximum absolute atomic E-state index is 3.98. The summed E-state index contributed by atoms with van der Waals surface area (Å²) in [5.41, 5.74) is 2.78. The van der Waals surface area contributed by atoms with Crippen LogP contribution in [0, 0.1) is 0 Å². The molecule has 0 fully saturated rings. The monoisotopic (exact) mass is 188 g/mol. The minimum absolute atomic E-state index is 1.04. The number of hydrogen-bond acceptors (Lipinski definition) is 2. The van der Waals surface area contributed by atoms with Crippen molar-refractivity contribution >= 4 is 5.69 Å². The van der Waals surface area contributed by atoms with Gasteiger partial charge in [0.1, 0.15) is 0 Å². The van der Waals surface area contributed by atoms with E-state index in [0.717, 1.165) is 6.54 Å². The molecule has 2 nitrogen and oxygen atoms in total. The van der Waals surface area contributed by atoms with Crippen molar-refractivity contribution in [3.8, 4) is 0 Å². The molecule has 0 aliphatic heterocycles. The maximum atomic E-state index is 3.98. The number of anilines is 1. The average Bonchev–Trinajstić information content (AvgIpc) is 2.72. The predicted octanol–water partition coefficient (Wildman–Crippen LogP) is 2.99. The molecule has 0 atom stereocenters. The highest BCUT2D eigenvalue weighted by Gasteiger charge is 2.03. The third kappa shape index (κ3) is 2.59. The molecule has 1 heterocycles. The number of rotatable bonds is 4. The lowest BCUT2D eigenvalue weighted by atomic mass is 10.2. The molecule has 0 saturated carbocycles. The molecule has 74 valence electrons. The SMILES string of the molecule is C1=C(CCNc2ccncc2)CCC1. The van der Waals surface area contributed by atoms with E-state index in [1.165, 1.54) is 31.4 Å². The largest absolute Gasteiger partial charge is 0.385 e. The van der Waals surface area contributed by atoms with Gasteiger partial charge >= 0.3 is 0 Å². The molecule has 0 spiro atoms. The van der Waals surface area contributed by atoms with Gasteiger partial charge in [-0.05, 0) is 37.8 Å². The van der Waals surface area contributed by atoms with Crippen LogP contribution in [0.2, 0.25) is 0 Å². The van der Waals surface area contributed by atoms with Crippen LogP contribution >= 0.6 is 0 Å². The number of aromatic nitrogens is 1. The number of allylic oxidation sites excluding steroid dienone is 1. The number of pyridine rings is 1. The zero-order valence-corrected chi connectivity index (χ0v) is 8.37. The van der Waals surface area contributed by atoms with E-state index in [-0.39, 0.29) is 0 Å². The lowest BCUT2D eigenvalue weighted by Crippen LogP contribution is -2.01. The van der Waals surface area contributed by atoms with Crippen molar-refractivity contribution in [3.63, 3.8) is 0 Å². The van der Waals surface area contributed by atoms with E-state index in [4.69, 9.17) is 0 Å². The third-order valence-corrected chi connectivity index (χ3v) is 2.59. The summed E-state index contributed by atoms with van der Waals surface area (Å²) in [5.74, 6) is 0. The number of hydrogen-bond donors (Lipinski definition) is 1. The molecule has 2 rings (SSSR count). The fraction of sp³-hybridized carbons (Fsp3) is 0.417. The van der Waals surface area contributed by atoms with Crippen molar-refractivity contribution in [1.82, 2.24) is 4.98 Å². The molecule has 1 aromatic rings. The van der Waals surface area contributed by atoms with E-state index in [0.29, 0.717) is 0 Å². The van der Waals surface area contributed by atoms with Gasteiger partial charge in [-0.3, -0.25) is 4.98 Å². The molecule has 1 aliphatic rings. The Kier molecular flexibility index (Phi) is 3.17. The summed E-state index contributed by atoms with van der Waals surface area (Å²) < 4.78 is 0. The van der Waals surface area contributed by atoms with Gasteiger partial charge in [-0.25, -0.2) is 0 Å². The van der Waals surface area contributed by atoms with Gasteiger partial charge in [0, 0.05) is 24.6 Å². The smallest absolute Gasteiger partial charge is 0.0371 e. The second-order valence-corrected chi connectivity index (χ2v) is 3.67. The highest BCUT2D eigenvalue weighted by Crippen LogP contribution is 2.20. The lowest BCUT2D eigenvalue weighted by molar-refractivity contribution is 0.863. The molecule has 2 heteroatoms. The van der Waals surface area contributed by atoms with Crippen LogP contribution in [0.3, 0.4) is 0 Å². The van der Waals surface area contributed by atoms with E-state index in [1.54, 1.807) is 5.57 Å². The molecule has 0 radical (unpaired) electrons. The van der Waals surface area contributed by atoms with Crippen molar-refractivity contribution in [2.75, 3.05) is 11.9 Å². The molecule has 1 aromatic heterocycles. The molecular weight excluding hydrogens is 172 g/mol. The number of nitrogens with one attached hydrogen (secondary N) is 1. The summed E-state index contributed by atoms with van der Waals surface area (Å²) in [6.45, 7) is 1.04. The molecule has 0 saturated heterocycles. The van der Waals surface area contributed by atoms with Crippen LogP contribution in [-0.2, 0) is 0 Å². The Bertz CT molecular complexity index is 303. The van der Waals surface area contributed by atoms with Crippen LogP contribution in [0.15, 0.2) is 36.2 Å². The van der Waals surface area contributed by atoms with E-state index in [9.17, 15) is 0 Å². The molecule has 14 heavy (non-hydrogen) atoms. The minimum atomic E-state index is 1.04. The highest BCUT2D eigenvalue weighted by molar-refractivity contribution is 5.40. The summed E-state index contributed by atoms with van der Waals surface area (Å²) in [5, 5.41) is 3.39. The Morgan fingerprint density at radius 3 is 2.86 bits per heavy atom. The van der Waals surface area contributed by atoms with Crippen LogP contribution in [0.5, 0.6) is 0 Å². The van der Waals surface area contributed by atoms with Crippen molar-refractivity contribution in [2.24, 2.45) is 0 Å². The minimum Gasteiger partial charge on any atom is -0.385 e. The fourth-order valence-electron chi connectivity index (χ4n) is 1.80. The van der Waals surface area contributed by atoms with Gasteiger partial charge < -0.3 is 5.32 Å². The van der Waals surface area contributed by atoms with Crippen LogP contribution < -0.4 is 5.32 Å². The van der Waals surface area contributed by atoms with Gasteiger partial charge in [0.05, 0.1) is 0 Å². The van der Waals surface area contributed by atoms with Crippen LogP contribution in [-0.4, -0.2) is 11.5 Å². The Labute approximate surface area is 85.1 Å². The average molecular weight is 188 g/mol. The molecule has 0 aromatic carbocycles. The maximum Gasteiger partial charge on any atom is 0.0371 e. The van der Waals surface area contributed by atoms with Crippen molar-refractivity contribution in [1.29, 1.82) is 0 Å². The van der Waals surface area contributed by atoms with Gasteiger partial charge in [0.15, 0.2) is 0 Å². The zero-order valence-electron chi connectivity index (χ0n) is 8.37. The standard InChI is InChI=1S/C12H16N2/c1-2-4-11(3-1)5-10-14-12-6-8-13-9-7-12/h3,6-9H,1-2,4-5,10H2,(H,13,14). The molecule has 1 N–H and O–H groups in total. The Balaban J connectivity index is 1.73.